The number of rotatable bonds is 3. The highest BCUT2D eigenvalue weighted by molar-refractivity contribution is 9.10. The number of benzene rings is 1. The van der Waals surface area contributed by atoms with Crippen LogP contribution in [0.5, 0.6) is 0 Å². The summed E-state index contributed by atoms with van der Waals surface area (Å²) in [5, 5.41) is 14.3. The fraction of sp³-hybridized carbons (Fsp3) is 0.400. The molecule has 1 aliphatic heterocycles. The zero-order valence-electron chi connectivity index (χ0n) is 12.3. The van der Waals surface area contributed by atoms with Crippen LogP contribution in [0, 0.1) is 6.92 Å². The number of amides is 1. The molecule has 0 atom stereocenters. The van der Waals surface area contributed by atoms with Gasteiger partial charge in [-0.25, -0.2) is 4.68 Å². The van der Waals surface area contributed by atoms with E-state index in [1.165, 1.54) is 0 Å². The summed E-state index contributed by atoms with van der Waals surface area (Å²) in [5.41, 5.74) is 2.12. The first-order valence-electron chi connectivity index (χ1n) is 7.33. The van der Waals surface area contributed by atoms with Crippen molar-refractivity contribution in [1.29, 1.82) is 0 Å². The molecule has 0 saturated carbocycles. The van der Waals surface area contributed by atoms with Crippen LogP contribution in [0.25, 0.3) is 0 Å². The number of nitrogens with zero attached hydrogens (tertiary/aromatic N) is 3. The summed E-state index contributed by atoms with van der Waals surface area (Å²) in [5.74, 6) is -0.235. The molecule has 1 saturated heterocycles. The third kappa shape index (κ3) is 3.36. The monoisotopic (exact) mass is 363 g/mol. The third-order valence-electron chi connectivity index (χ3n) is 3.87. The second-order valence-electron chi connectivity index (χ2n) is 5.48. The summed E-state index contributed by atoms with van der Waals surface area (Å²) in [7, 11) is 0. The van der Waals surface area contributed by atoms with E-state index in [0.717, 1.165) is 41.7 Å². The molecule has 1 aromatic carbocycles. The fourth-order valence-electron chi connectivity index (χ4n) is 2.55. The number of hydrogen-bond donors (Lipinski definition) is 2. The molecule has 0 aliphatic carbocycles. The maximum atomic E-state index is 12.3. The predicted octanol–water partition coefficient (Wildman–Crippen LogP) is 2.53. The van der Waals surface area contributed by atoms with Gasteiger partial charge >= 0.3 is 0 Å². The first-order valence-corrected chi connectivity index (χ1v) is 8.13. The van der Waals surface area contributed by atoms with Crippen molar-refractivity contribution in [1.82, 2.24) is 20.3 Å². The smallest absolute Gasteiger partial charge is 0.277 e. The first-order chi connectivity index (χ1) is 10.6. The molecule has 2 N–H and O–H groups in total. The minimum atomic E-state index is -0.235. The molecule has 3 rings (SSSR count). The zero-order valence-corrected chi connectivity index (χ0v) is 13.9. The quantitative estimate of drug-likeness (QED) is 0.878. The largest absolute Gasteiger partial charge is 0.320 e. The summed E-state index contributed by atoms with van der Waals surface area (Å²) in [6.07, 6.45) is 3.75. The average Bonchev–Trinajstić information content (AvgIpc) is 3.02. The van der Waals surface area contributed by atoms with Gasteiger partial charge in [0.25, 0.3) is 5.91 Å². The van der Waals surface area contributed by atoms with E-state index in [2.05, 4.69) is 36.9 Å². The molecule has 0 bridgehead atoms. The minimum absolute atomic E-state index is 0.235. The Morgan fingerprint density at radius 3 is 2.95 bits per heavy atom. The number of piperidine rings is 1. The maximum Gasteiger partial charge on any atom is 0.277 e. The van der Waals surface area contributed by atoms with Crippen LogP contribution in [0.2, 0.25) is 0 Å². The van der Waals surface area contributed by atoms with Gasteiger partial charge < -0.3 is 10.6 Å². The molecular formula is C15H18BrN5O. The highest BCUT2D eigenvalue weighted by Gasteiger charge is 2.19. The zero-order chi connectivity index (χ0) is 15.5. The minimum Gasteiger partial charge on any atom is -0.320 e. The second-order valence-corrected chi connectivity index (χ2v) is 6.39. The Bertz CT molecular complexity index is 678. The SMILES string of the molecule is Cc1ccc(Br)cc1NC(=O)c1cn(C2CCNCC2)nn1. The molecule has 1 aliphatic rings. The lowest BCUT2D eigenvalue weighted by molar-refractivity contribution is 0.102. The van der Waals surface area contributed by atoms with Crippen LogP contribution in [-0.4, -0.2) is 34.0 Å². The number of nitrogens with one attached hydrogen (secondary N) is 2. The van der Waals surface area contributed by atoms with Gasteiger partial charge in [-0.2, -0.15) is 0 Å². The van der Waals surface area contributed by atoms with E-state index in [-0.39, 0.29) is 5.91 Å². The van der Waals surface area contributed by atoms with E-state index in [1.807, 2.05) is 29.8 Å². The molecular weight excluding hydrogens is 346 g/mol. The van der Waals surface area contributed by atoms with Crippen molar-refractivity contribution < 1.29 is 4.79 Å². The molecule has 7 heteroatoms. The number of aromatic nitrogens is 3. The van der Waals surface area contributed by atoms with Gasteiger partial charge in [-0.1, -0.05) is 27.2 Å². The first kappa shape index (κ1) is 15.2. The summed E-state index contributed by atoms with van der Waals surface area (Å²) < 4.78 is 2.73. The molecule has 22 heavy (non-hydrogen) atoms. The lowest BCUT2D eigenvalue weighted by Gasteiger charge is -2.22. The van der Waals surface area contributed by atoms with Crippen molar-refractivity contribution in [2.24, 2.45) is 0 Å². The highest BCUT2D eigenvalue weighted by atomic mass is 79.9. The predicted molar refractivity (Wildman–Crippen MR) is 88.0 cm³/mol. The third-order valence-corrected chi connectivity index (χ3v) is 4.37. The van der Waals surface area contributed by atoms with E-state index >= 15 is 0 Å². The van der Waals surface area contributed by atoms with Crippen LogP contribution in [-0.2, 0) is 0 Å². The molecule has 1 amide bonds. The van der Waals surface area contributed by atoms with Crippen molar-refractivity contribution in [2.75, 3.05) is 18.4 Å². The van der Waals surface area contributed by atoms with Crippen LogP contribution in [0.3, 0.4) is 0 Å². The van der Waals surface area contributed by atoms with Gasteiger partial charge in [0.2, 0.25) is 0 Å². The molecule has 2 aromatic rings. The van der Waals surface area contributed by atoms with Crippen molar-refractivity contribution in [3.05, 3.63) is 40.1 Å². The molecule has 2 heterocycles. The molecule has 0 radical (unpaired) electrons. The highest BCUT2D eigenvalue weighted by Crippen LogP contribution is 2.21. The Kier molecular flexibility index (Phi) is 4.54. The standard InChI is InChI=1S/C15H18BrN5O/c1-10-2-3-11(16)8-13(10)18-15(22)14-9-21(20-19-14)12-4-6-17-7-5-12/h2-3,8-9,12,17H,4-7H2,1H3,(H,18,22). The van der Waals surface area contributed by atoms with E-state index in [0.29, 0.717) is 11.7 Å². The number of hydrogen-bond acceptors (Lipinski definition) is 4. The molecule has 0 spiro atoms. The summed E-state index contributed by atoms with van der Waals surface area (Å²) in [6.45, 7) is 3.90. The summed E-state index contributed by atoms with van der Waals surface area (Å²) >= 11 is 3.41. The molecule has 0 unspecified atom stereocenters. The van der Waals surface area contributed by atoms with Crippen LogP contribution in [0.15, 0.2) is 28.9 Å². The van der Waals surface area contributed by atoms with Crippen LogP contribution in [0.4, 0.5) is 5.69 Å². The van der Waals surface area contributed by atoms with Gasteiger partial charge in [0.05, 0.1) is 12.2 Å². The molecule has 1 aromatic heterocycles. The van der Waals surface area contributed by atoms with Crippen molar-refractivity contribution in [3.8, 4) is 0 Å². The van der Waals surface area contributed by atoms with Crippen LogP contribution < -0.4 is 10.6 Å². The average molecular weight is 364 g/mol. The number of carbonyl (C=O) groups excluding carboxylic acids is 1. The van der Waals surface area contributed by atoms with Gasteiger partial charge in [0.1, 0.15) is 0 Å². The van der Waals surface area contributed by atoms with E-state index < -0.39 is 0 Å². The number of anilines is 1. The van der Waals surface area contributed by atoms with Crippen molar-refractivity contribution in [3.63, 3.8) is 0 Å². The second kappa shape index (κ2) is 6.58. The van der Waals surface area contributed by atoms with Gasteiger partial charge in [0, 0.05) is 10.2 Å². The normalized spacial score (nSPS) is 15.7. The number of aryl methyl sites for hydroxylation is 1. The fourth-order valence-corrected chi connectivity index (χ4v) is 2.91. The van der Waals surface area contributed by atoms with E-state index in [9.17, 15) is 4.79 Å². The van der Waals surface area contributed by atoms with Gasteiger partial charge in [-0.05, 0) is 50.6 Å². The van der Waals surface area contributed by atoms with Gasteiger partial charge in [-0.15, -0.1) is 5.10 Å². The van der Waals surface area contributed by atoms with Crippen molar-refractivity contribution in [2.45, 2.75) is 25.8 Å². The van der Waals surface area contributed by atoms with Gasteiger partial charge in [0.15, 0.2) is 5.69 Å². The molecule has 6 nitrogen and oxygen atoms in total. The summed E-state index contributed by atoms with van der Waals surface area (Å²) in [4.78, 5) is 12.3. The Morgan fingerprint density at radius 2 is 2.18 bits per heavy atom. The Balaban J connectivity index is 1.72. The molecule has 116 valence electrons. The Labute approximate surface area is 137 Å². The van der Waals surface area contributed by atoms with E-state index in [1.54, 1.807) is 6.20 Å². The Morgan fingerprint density at radius 1 is 1.41 bits per heavy atom. The van der Waals surface area contributed by atoms with Crippen LogP contribution in [0.1, 0.15) is 34.9 Å². The Hall–Kier alpha value is -1.73. The topological polar surface area (TPSA) is 71.8 Å². The lowest BCUT2D eigenvalue weighted by atomic mass is 10.1. The van der Waals surface area contributed by atoms with Gasteiger partial charge in [-0.3, -0.25) is 4.79 Å². The number of carbonyl (C=O) groups is 1. The van der Waals surface area contributed by atoms with E-state index in [4.69, 9.17) is 0 Å². The number of halogens is 1. The van der Waals surface area contributed by atoms with Crippen LogP contribution >= 0.6 is 15.9 Å². The maximum absolute atomic E-state index is 12.3. The molecule has 1 fully saturated rings. The van der Waals surface area contributed by atoms with Crippen molar-refractivity contribution >= 4 is 27.5 Å². The summed E-state index contributed by atoms with van der Waals surface area (Å²) in [6, 6.07) is 6.09. The lowest BCUT2D eigenvalue weighted by Crippen LogP contribution is -2.29.